The Hall–Kier alpha value is -1.41. The molecular formula is C33H54O7Si2. The first-order valence-corrected chi connectivity index (χ1v) is 21.7. The summed E-state index contributed by atoms with van der Waals surface area (Å²) in [6.45, 7) is 20.2. The van der Waals surface area contributed by atoms with Gasteiger partial charge in [-0.3, -0.25) is 0 Å². The van der Waals surface area contributed by atoms with Gasteiger partial charge in [-0.05, 0) is 35.3 Å². The topological polar surface area (TPSA) is 64.6 Å². The maximum atomic E-state index is 6.66. The van der Waals surface area contributed by atoms with Gasteiger partial charge in [-0.1, -0.05) is 101 Å². The van der Waals surface area contributed by atoms with Crippen LogP contribution in [0.2, 0.25) is 43.8 Å². The fourth-order valence-electron chi connectivity index (χ4n) is 4.37. The molecule has 2 aromatic rings. The summed E-state index contributed by atoms with van der Waals surface area (Å²) in [6.07, 6.45) is -2.59. The third-order valence-corrected chi connectivity index (χ3v) is 14.4. The molecular weight excluding hydrogens is 565 g/mol. The normalized spacial score (nSPS) is 23.7. The maximum Gasteiger partial charge on any atom is 0.192 e. The largest absolute Gasteiger partial charge is 0.414 e. The van der Waals surface area contributed by atoms with E-state index in [4.69, 9.17) is 32.8 Å². The third-order valence-electron chi connectivity index (χ3n) is 8.15. The van der Waals surface area contributed by atoms with E-state index in [-0.39, 0.29) is 11.8 Å². The summed E-state index contributed by atoms with van der Waals surface area (Å²) in [5.41, 5.74) is 2.14. The molecule has 2 aromatic carbocycles. The van der Waals surface area contributed by atoms with Crippen molar-refractivity contribution in [2.45, 2.75) is 109 Å². The average molecular weight is 619 g/mol. The highest BCUT2D eigenvalue weighted by molar-refractivity contribution is 6.76. The van der Waals surface area contributed by atoms with Gasteiger partial charge in [0.2, 0.25) is 0 Å². The molecule has 0 aromatic heterocycles. The minimum absolute atomic E-state index is 0.0603. The Morgan fingerprint density at radius 1 is 0.738 bits per heavy atom. The molecule has 0 N–H and O–H groups in total. The summed E-state index contributed by atoms with van der Waals surface area (Å²) in [4.78, 5) is 0. The van der Waals surface area contributed by atoms with E-state index in [1.807, 2.05) is 36.4 Å². The van der Waals surface area contributed by atoms with Gasteiger partial charge < -0.3 is 32.8 Å². The number of hydrogen-bond donors (Lipinski definition) is 0. The Bertz CT molecular complexity index is 1020. The van der Waals surface area contributed by atoms with E-state index in [0.717, 1.165) is 17.2 Å². The van der Waals surface area contributed by atoms with Gasteiger partial charge in [0.25, 0.3) is 0 Å². The van der Waals surface area contributed by atoms with Crippen molar-refractivity contribution in [3.63, 3.8) is 0 Å². The van der Waals surface area contributed by atoms with Crippen LogP contribution in [0, 0.1) is 0 Å². The molecule has 7 nitrogen and oxygen atoms in total. The van der Waals surface area contributed by atoms with Gasteiger partial charge in [0.1, 0.15) is 31.2 Å². The van der Waals surface area contributed by atoms with E-state index >= 15 is 0 Å². The highest BCUT2D eigenvalue weighted by atomic mass is 28.4. The second-order valence-corrected chi connectivity index (χ2v) is 24.3. The lowest BCUT2D eigenvalue weighted by Gasteiger charge is -2.46. The van der Waals surface area contributed by atoms with Gasteiger partial charge in [0.15, 0.2) is 14.6 Å². The third kappa shape index (κ3) is 10.9. The minimum atomic E-state index is -2.06. The summed E-state index contributed by atoms with van der Waals surface area (Å²) >= 11 is 0. The number of hydrogen-bond acceptors (Lipinski definition) is 7. The van der Waals surface area contributed by atoms with Crippen molar-refractivity contribution in [2.75, 3.05) is 27.1 Å². The Kier molecular flexibility index (Phi) is 13.4. The Labute approximate surface area is 256 Å². The van der Waals surface area contributed by atoms with E-state index in [9.17, 15) is 0 Å². The van der Waals surface area contributed by atoms with Crippen molar-refractivity contribution in [3.05, 3.63) is 71.8 Å². The van der Waals surface area contributed by atoms with Crippen molar-refractivity contribution >= 4 is 16.4 Å². The Morgan fingerprint density at radius 2 is 1.29 bits per heavy atom. The molecule has 0 spiro atoms. The van der Waals surface area contributed by atoms with Gasteiger partial charge >= 0.3 is 0 Å². The quantitative estimate of drug-likeness (QED) is 0.112. The van der Waals surface area contributed by atoms with Crippen molar-refractivity contribution < 1.29 is 32.8 Å². The number of benzene rings is 2. The van der Waals surface area contributed by atoms with Crippen LogP contribution in [0.5, 0.6) is 0 Å². The van der Waals surface area contributed by atoms with Crippen molar-refractivity contribution in [1.82, 2.24) is 0 Å². The lowest BCUT2D eigenvalue weighted by molar-refractivity contribution is -0.328. The molecule has 1 saturated heterocycles. The van der Waals surface area contributed by atoms with Gasteiger partial charge in [-0.25, -0.2) is 0 Å². The molecule has 0 amide bonds. The van der Waals surface area contributed by atoms with Crippen molar-refractivity contribution in [2.24, 2.45) is 0 Å². The predicted octanol–water partition coefficient (Wildman–Crippen LogP) is 7.25. The van der Waals surface area contributed by atoms with Crippen LogP contribution < -0.4 is 0 Å². The zero-order chi connectivity index (χ0) is 30.8. The van der Waals surface area contributed by atoms with Gasteiger partial charge in [-0.2, -0.15) is 0 Å². The number of ether oxygens (including phenoxy) is 6. The smallest absolute Gasteiger partial charge is 0.192 e. The zero-order valence-corrected chi connectivity index (χ0v) is 29.3. The van der Waals surface area contributed by atoms with Gasteiger partial charge in [-0.15, -0.1) is 0 Å². The zero-order valence-electron chi connectivity index (χ0n) is 27.3. The van der Waals surface area contributed by atoms with E-state index in [0.29, 0.717) is 26.4 Å². The highest BCUT2D eigenvalue weighted by Crippen LogP contribution is 2.38. The van der Waals surface area contributed by atoms with Crippen LogP contribution in [-0.2, 0) is 46.1 Å². The van der Waals surface area contributed by atoms with Crippen molar-refractivity contribution in [3.8, 4) is 0 Å². The molecule has 1 aliphatic heterocycles. The van der Waals surface area contributed by atoms with E-state index < -0.39 is 47.1 Å². The summed E-state index contributed by atoms with van der Waals surface area (Å²) in [5.74, 6) is 0. The first kappa shape index (κ1) is 35.1. The lowest BCUT2D eigenvalue weighted by Crippen LogP contribution is -2.62. The minimum Gasteiger partial charge on any atom is -0.414 e. The maximum absolute atomic E-state index is 6.66. The molecule has 1 fully saturated rings. The highest BCUT2D eigenvalue weighted by Gasteiger charge is 2.50. The second-order valence-electron chi connectivity index (χ2n) is 13.8. The lowest BCUT2D eigenvalue weighted by atomic mass is 9.98. The van der Waals surface area contributed by atoms with E-state index in [1.165, 1.54) is 0 Å². The second kappa shape index (κ2) is 16.1. The molecule has 1 heterocycles. The van der Waals surface area contributed by atoms with Crippen LogP contribution in [0.1, 0.15) is 31.9 Å². The first-order valence-electron chi connectivity index (χ1n) is 15.1. The predicted molar refractivity (Wildman–Crippen MR) is 173 cm³/mol. The molecule has 0 bridgehead atoms. The van der Waals surface area contributed by atoms with E-state index in [1.54, 1.807) is 7.11 Å². The summed E-state index contributed by atoms with van der Waals surface area (Å²) in [6, 6.07) is 21.4. The fraction of sp³-hybridized carbons (Fsp3) is 0.636. The van der Waals surface area contributed by atoms with Crippen LogP contribution >= 0.6 is 0 Å². The average Bonchev–Trinajstić information content (AvgIpc) is 2.94. The number of methoxy groups -OCH3 is 1. The molecule has 3 rings (SSSR count). The summed E-state index contributed by atoms with van der Waals surface area (Å²) in [5, 5.41) is 0.0603. The molecule has 0 unspecified atom stereocenters. The van der Waals surface area contributed by atoms with Crippen LogP contribution in [-0.4, -0.2) is 74.2 Å². The molecule has 0 radical (unpaired) electrons. The Morgan fingerprint density at radius 3 is 1.79 bits per heavy atom. The summed E-state index contributed by atoms with van der Waals surface area (Å²) < 4.78 is 44.6. The molecule has 0 saturated carbocycles. The van der Waals surface area contributed by atoms with Gasteiger partial charge in [0.05, 0.1) is 19.8 Å². The van der Waals surface area contributed by atoms with Crippen molar-refractivity contribution in [1.29, 1.82) is 0 Å². The molecule has 0 aliphatic carbocycles. The van der Waals surface area contributed by atoms with Gasteiger partial charge in [0, 0.05) is 21.8 Å². The number of rotatable bonds is 16. The van der Waals surface area contributed by atoms with E-state index in [2.05, 4.69) is 77.8 Å². The molecule has 9 heteroatoms. The molecule has 5 atom stereocenters. The fourth-order valence-corrected chi connectivity index (χ4v) is 6.14. The molecule has 1 aliphatic rings. The standard InChI is InChI=1S/C33H54O7Si2/c1-33(2,3)42(8,9)39-24-28-29(36-22-26-16-12-10-13-17-26)30(37-23-27-18-14-11-15-19-27)31(32(34-4)40-28)38-25-35-20-21-41(5,6)7/h10-19,28-32H,20-25H2,1-9H3/t28-,29-,30+,31-,32-/m0/s1. The first-order chi connectivity index (χ1) is 19.8. The monoisotopic (exact) mass is 618 g/mol. The van der Waals surface area contributed by atoms with Crippen LogP contribution in [0.4, 0.5) is 0 Å². The van der Waals surface area contributed by atoms with Crippen LogP contribution in [0.15, 0.2) is 60.7 Å². The van der Waals surface area contributed by atoms with Crippen LogP contribution in [0.3, 0.4) is 0 Å². The molecule has 42 heavy (non-hydrogen) atoms. The SMILES string of the molecule is CO[C@H]1O[C@@H](CO[Si](C)(C)C(C)(C)C)[C@H](OCc2ccccc2)[C@@H](OCc2ccccc2)[C@@H]1OCOCC[Si](C)(C)C. The molecule has 236 valence electrons. The van der Waals surface area contributed by atoms with Crippen LogP contribution in [0.25, 0.3) is 0 Å². The summed E-state index contributed by atoms with van der Waals surface area (Å²) in [7, 11) is -1.64. The Balaban J connectivity index is 1.86.